The van der Waals surface area contributed by atoms with Gasteiger partial charge in [0.15, 0.2) is 0 Å². The van der Waals surface area contributed by atoms with Crippen LogP contribution >= 0.6 is 22.6 Å². The van der Waals surface area contributed by atoms with E-state index >= 15 is 0 Å². The molecule has 90 valence electrons. The highest BCUT2D eigenvalue weighted by atomic mass is 127. The minimum Gasteiger partial charge on any atom is -0.356 e. The van der Waals surface area contributed by atoms with Crippen LogP contribution in [0.4, 0.5) is 0 Å². The number of alkyl halides is 1. The lowest BCUT2D eigenvalue weighted by Crippen LogP contribution is -2.34. The molecule has 0 saturated carbocycles. The molecular formula is C10H15IN2O3. The van der Waals surface area contributed by atoms with Gasteiger partial charge in [0.25, 0.3) is 0 Å². The number of rotatable bonds is 6. The summed E-state index contributed by atoms with van der Waals surface area (Å²) >= 11 is 2.24. The first-order valence-corrected chi connectivity index (χ1v) is 6.83. The van der Waals surface area contributed by atoms with Crippen LogP contribution < -0.4 is 5.32 Å². The summed E-state index contributed by atoms with van der Waals surface area (Å²) in [6.07, 6.45) is 1.72. The van der Waals surface area contributed by atoms with Gasteiger partial charge in [0, 0.05) is 36.8 Å². The third-order valence-electron chi connectivity index (χ3n) is 2.35. The molecule has 3 amide bonds. The second-order valence-corrected chi connectivity index (χ2v) is 4.66. The summed E-state index contributed by atoms with van der Waals surface area (Å²) < 4.78 is 1.00. The Bertz CT molecular complexity index is 278. The van der Waals surface area contributed by atoms with E-state index in [9.17, 15) is 14.4 Å². The van der Waals surface area contributed by atoms with Gasteiger partial charge < -0.3 is 5.32 Å². The molecule has 1 N–H and O–H groups in total. The van der Waals surface area contributed by atoms with E-state index in [0.717, 1.165) is 10.8 Å². The number of nitrogens with zero attached hydrogens (tertiary/aromatic N) is 1. The Kier molecular flexibility index (Phi) is 5.72. The molecule has 0 spiro atoms. The number of hydrogen-bond donors (Lipinski definition) is 1. The SMILES string of the molecule is O=C(CCN1C(=O)CCC1=O)NCCCI. The molecule has 5 nitrogen and oxygen atoms in total. The van der Waals surface area contributed by atoms with Crippen molar-refractivity contribution >= 4 is 40.3 Å². The van der Waals surface area contributed by atoms with Crippen molar-refractivity contribution in [3.05, 3.63) is 0 Å². The maximum Gasteiger partial charge on any atom is 0.229 e. The van der Waals surface area contributed by atoms with E-state index in [2.05, 4.69) is 27.9 Å². The molecular weight excluding hydrogens is 323 g/mol. The van der Waals surface area contributed by atoms with Crippen molar-refractivity contribution in [3.8, 4) is 0 Å². The maximum absolute atomic E-state index is 11.3. The van der Waals surface area contributed by atoms with Crippen molar-refractivity contribution in [3.63, 3.8) is 0 Å². The molecule has 0 atom stereocenters. The highest BCUT2D eigenvalue weighted by Gasteiger charge is 2.28. The van der Waals surface area contributed by atoms with Gasteiger partial charge in [-0.15, -0.1) is 0 Å². The summed E-state index contributed by atoms with van der Waals surface area (Å²) in [4.78, 5) is 35.0. The van der Waals surface area contributed by atoms with E-state index in [1.54, 1.807) is 0 Å². The van der Waals surface area contributed by atoms with Crippen LogP contribution in [-0.4, -0.2) is 40.1 Å². The summed E-state index contributed by atoms with van der Waals surface area (Å²) in [6.45, 7) is 0.872. The molecule has 0 radical (unpaired) electrons. The zero-order valence-electron chi connectivity index (χ0n) is 9.00. The molecule has 1 rings (SSSR count). The predicted octanol–water partition coefficient (Wildman–Crippen LogP) is 0.467. The number of carbonyl (C=O) groups excluding carboxylic acids is 3. The summed E-state index contributed by atoms with van der Waals surface area (Å²) in [5, 5.41) is 2.74. The summed E-state index contributed by atoms with van der Waals surface area (Å²) in [5.41, 5.74) is 0. The molecule has 1 heterocycles. The standard InChI is InChI=1S/C10H15IN2O3/c11-5-1-6-12-8(14)4-7-13-9(15)2-3-10(13)16/h1-7H2,(H,12,14). The predicted molar refractivity (Wildman–Crippen MR) is 67.1 cm³/mol. The fourth-order valence-electron chi connectivity index (χ4n) is 1.47. The zero-order valence-corrected chi connectivity index (χ0v) is 11.2. The van der Waals surface area contributed by atoms with Crippen LogP contribution in [0.5, 0.6) is 0 Å². The van der Waals surface area contributed by atoms with Crippen LogP contribution in [0.1, 0.15) is 25.7 Å². The normalized spacial score (nSPS) is 15.7. The number of hydrogen-bond acceptors (Lipinski definition) is 3. The Morgan fingerprint density at radius 3 is 2.50 bits per heavy atom. The van der Waals surface area contributed by atoms with Crippen molar-refractivity contribution in [2.75, 3.05) is 17.5 Å². The van der Waals surface area contributed by atoms with E-state index in [0.29, 0.717) is 6.54 Å². The Morgan fingerprint density at radius 2 is 1.94 bits per heavy atom. The number of likely N-dealkylation sites (tertiary alicyclic amines) is 1. The van der Waals surface area contributed by atoms with Crippen LogP contribution in [-0.2, 0) is 14.4 Å². The molecule has 1 aliphatic heterocycles. The molecule has 0 unspecified atom stereocenters. The first-order valence-electron chi connectivity index (χ1n) is 5.31. The minimum absolute atomic E-state index is 0.0997. The van der Waals surface area contributed by atoms with Gasteiger partial charge >= 0.3 is 0 Å². The second-order valence-electron chi connectivity index (χ2n) is 3.58. The summed E-state index contributed by atoms with van der Waals surface area (Å²) in [7, 11) is 0. The molecule has 0 aromatic heterocycles. The average molecular weight is 338 g/mol. The third kappa shape index (κ3) is 4.07. The first kappa shape index (κ1) is 13.4. The molecule has 0 aromatic rings. The van der Waals surface area contributed by atoms with Crippen molar-refractivity contribution in [2.45, 2.75) is 25.7 Å². The molecule has 0 aromatic carbocycles. The molecule has 6 heteroatoms. The number of amides is 3. The maximum atomic E-state index is 11.3. The van der Waals surface area contributed by atoms with Gasteiger partial charge in [-0.25, -0.2) is 0 Å². The van der Waals surface area contributed by atoms with E-state index in [4.69, 9.17) is 0 Å². The van der Waals surface area contributed by atoms with Crippen molar-refractivity contribution in [1.82, 2.24) is 10.2 Å². The van der Waals surface area contributed by atoms with Crippen LogP contribution in [0.25, 0.3) is 0 Å². The highest BCUT2D eigenvalue weighted by Crippen LogP contribution is 2.11. The Hall–Kier alpha value is -0.660. The van der Waals surface area contributed by atoms with E-state index in [-0.39, 0.29) is 43.5 Å². The van der Waals surface area contributed by atoms with Crippen molar-refractivity contribution in [1.29, 1.82) is 0 Å². The average Bonchev–Trinajstić information content (AvgIpc) is 2.57. The van der Waals surface area contributed by atoms with Crippen LogP contribution in [0.2, 0.25) is 0 Å². The molecule has 0 aliphatic carbocycles. The molecule has 1 saturated heterocycles. The van der Waals surface area contributed by atoms with Crippen molar-refractivity contribution in [2.24, 2.45) is 0 Å². The highest BCUT2D eigenvalue weighted by molar-refractivity contribution is 14.1. The molecule has 1 fully saturated rings. The van der Waals surface area contributed by atoms with Crippen LogP contribution in [0.3, 0.4) is 0 Å². The Morgan fingerprint density at radius 1 is 1.31 bits per heavy atom. The van der Waals surface area contributed by atoms with E-state index < -0.39 is 0 Å². The lowest BCUT2D eigenvalue weighted by Gasteiger charge is -2.13. The Labute approximate surface area is 108 Å². The number of nitrogens with one attached hydrogen (secondary N) is 1. The smallest absolute Gasteiger partial charge is 0.229 e. The van der Waals surface area contributed by atoms with E-state index in [1.165, 1.54) is 4.90 Å². The fraction of sp³-hybridized carbons (Fsp3) is 0.700. The van der Waals surface area contributed by atoms with Crippen LogP contribution in [0.15, 0.2) is 0 Å². The zero-order chi connectivity index (χ0) is 12.0. The van der Waals surface area contributed by atoms with Crippen LogP contribution in [0, 0.1) is 0 Å². The first-order chi connectivity index (χ1) is 7.65. The molecule has 1 aliphatic rings. The third-order valence-corrected chi connectivity index (χ3v) is 3.11. The van der Waals surface area contributed by atoms with Gasteiger partial charge in [-0.2, -0.15) is 0 Å². The summed E-state index contributed by atoms with van der Waals surface area (Å²) in [6, 6.07) is 0. The quantitative estimate of drug-likeness (QED) is 0.331. The Balaban J connectivity index is 2.21. The van der Waals surface area contributed by atoms with Gasteiger partial charge in [0.05, 0.1) is 0 Å². The largest absolute Gasteiger partial charge is 0.356 e. The van der Waals surface area contributed by atoms with Gasteiger partial charge in [-0.3, -0.25) is 19.3 Å². The lowest BCUT2D eigenvalue weighted by atomic mass is 10.3. The minimum atomic E-state index is -0.162. The summed E-state index contributed by atoms with van der Waals surface area (Å²) in [5.74, 6) is -0.424. The topological polar surface area (TPSA) is 66.5 Å². The number of halogens is 1. The lowest BCUT2D eigenvalue weighted by molar-refractivity contribution is -0.138. The van der Waals surface area contributed by atoms with E-state index in [1.807, 2.05) is 0 Å². The molecule has 16 heavy (non-hydrogen) atoms. The number of imide groups is 1. The van der Waals surface area contributed by atoms with Gasteiger partial charge in [-0.1, -0.05) is 22.6 Å². The number of carbonyl (C=O) groups is 3. The molecule has 0 bridgehead atoms. The second kappa shape index (κ2) is 6.82. The van der Waals surface area contributed by atoms with Gasteiger partial charge in [0.2, 0.25) is 17.7 Å². The fourth-order valence-corrected chi connectivity index (χ4v) is 1.85. The monoisotopic (exact) mass is 338 g/mol. The van der Waals surface area contributed by atoms with Gasteiger partial charge in [-0.05, 0) is 6.42 Å². The van der Waals surface area contributed by atoms with Crippen molar-refractivity contribution < 1.29 is 14.4 Å². The van der Waals surface area contributed by atoms with Gasteiger partial charge in [0.1, 0.15) is 0 Å².